The van der Waals surface area contributed by atoms with Crippen molar-refractivity contribution in [2.24, 2.45) is 0 Å². The molecule has 2 nitrogen and oxygen atoms in total. The van der Waals surface area contributed by atoms with Crippen LogP contribution in [0.15, 0.2) is 78.9 Å². The molecule has 3 heteroatoms. The molecule has 0 N–H and O–H groups in total. The lowest BCUT2D eigenvalue weighted by Gasteiger charge is -2.06. The van der Waals surface area contributed by atoms with Crippen LogP contribution in [0, 0.1) is 11.8 Å². The Morgan fingerprint density at radius 3 is 2.52 bits per heavy atom. The number of ether oxygens (including phenoxy) is 1. The van der Waals surface area contributed by atoms with Gasteiger partial charge in [0.25, 0.3) is 0 Å². The molecule has 0 amide bonds. The maximum absolute atomic E-state index is 11.4. The Kier molecular flexibility index (Phi) is 6.10. The van der Waals surface area contributed by atoms with E-state index < -0.39 is 0 Å². The molecule has 3 aromatic carbocycles. The molecule has 3 aromatic rings. The van der Waals surface area contributed by atoms with E-state index in [0.29, 0.717) is 10.6 Å². The lowest BCUT2D eigenvalue weighted by Crippen LogP contribution is -2.00. The van der Waals surface area contributed by atoms with Crippen LogP contribution in [0.25, 0.3) is 17.2 Å². The molecule has 0 aromatic heterocycles. The van der Waals surface area contributed by atoms with Crippen molar-refractivity contribution in [3.63, 3.8) is 0 Å². The zero-order valence-electron chi connectivity index (χ0n) is 14.8. The third-order valence-corrected chi connectivity index (χ3v) is 4.20. The molecule has 0 atom stereocenters. The second-order valence-electron chi connectivity index (χ2n) is 5.77. The molecule has 0 aliphatic rings. The van der Waals surface area contributed by atoms with Crippen molar-refractivity contribution >= 4 is 23.6 Å². The Morgan fingerprint density at radius 1 is 1.00 bits per heavy atom. The normalized spacial score (nSPS) is 10.3. The standard InChI is InChI=1S/C24H17ClO2/c1-27-24(26)20-15-13-18(14-16-20)7-2-3-8-19-9-4-5-12-23(19)21-10-6-11-22(25)17-21/h3-6,8-17H,1H3/b8-3+. The second-order valence-corrected chi connectivity index (χ2v) is 6.21. The third-order valence-electron chi connectivity index (χ3n) is 3.97. The predicted octanol–water partition coefficient (Wildman–Crippen LogP) is 5.86. The summed E-state index contributed by atoms with van der Waals surface area (Å²) in [6.45, 7) is 0. The number of hydrogen-bond acceptors (Lipinski definition) is 2. The molecule has 0 radical (unpaired) electrons. The molecule has 0 heterocycles. The van der Waals surface area contributed by atoms with E-state index in [2.05, 4.69) is 22.6 Å². The van der Waals surface area contributed by atoms with Crippen molar-refractivity contribution in [2.75, 3.05) is 7.11 Å². The SMILES string of the molecule is COC(=O)c1ccc(C#C/C=C/c2ccccc2-c2cccc(Cl)c2)cc1. The first-order valence-electron chi connectivity index (χ1n) is 8.39. The van der Waals surface area contributed by atoms with Gasteiger partial charge in [0.1, 0.15) is 0 Å². The quantitative estimate of drug-likeness (QED) is 0.425. The molecule has 132 valence electrons. The van der Waals surface area contributed by atoms with Gasteiger partial charge in [0.05, 0.1) is 12.7 Å². The monoisotopic (exact) mass is 372 g/mol. The van der Waals surface area contributed by atoms with E-state index in [1.807, 2.05) is 54.6 Å². The minimum Gasteiger partial charge on any atom is -0.465 e. The summed E-state index contributed by atoms with van der Waals surface area (Å²) in [4.78, 5) is 11.4. The van der Waals surface area contributed by atoms with Gasteiger partial charge in [-0.2, -0.15) is 0 Å². The molecular weight excluding hydrogens is 356 g/mol. The van der Waals surface area contributed by atoms with Gasteiger partial charge in [-0.3, -0.25) is 0 Å². The van der Waals surface area contributed by atoms with E-state index >= 15 is 0 Å². The van der Waals surface area contributed by atoms with Crippen LogP contribution in [0.4, 0.5) is 0 Å². The lowest BCUT2D eigenvalue weighted by atomic mass is 9.99. The number of halogens is 1. The van der Waals surface area contributed by atoms with E-state index in [4.69, 9.17) is 11.6 Å². The smallest absolute Gasteiger partial charge is 0.337 e. The summed E-state index contributed by atoms with van der Waals surface area (Å²) >= 11 is 6.11. The summed E-state index contributed by atoms with van der Waals surface area (Å²) in [5.41, 5.74) is 4.56. The van der Waals surface area contributed by atoms with Crippen molar-refractivity contribution in [3.05, 3.63) is 101 Å². The van der Waals surface area contributed by atoms with Crippen molar-refractivity contribution in [1.29, 1.82) is 0 Å². The van der Waals surface area contributed by atoms with Crippen LogP contribution in [0.3, 0.4) is 0 Å². The average molecular weight is 373 g/mol. The molecule has 3 rings (SSSR count). The van der Waals surface area contributed by atoms with E-state index in [1.165, 1.54) is 7.11 Å². The fraction of sp³-hybridized carbons (Fsp3) is 0.0417. The Labute approximate surface area is 164 Å². The third kappa shape index (κ3) is 4.88. The Morgan fingerprint density at radius 2 is 1.78 bits per heavy atom. The van der Waals surface area contributed by atoms with Crippen LogP contribution >= 0.6 is 11.6 Å². The number of carbonyl (C=O) groups excluding carboxylic acids is 1. The first-order chi connectivity index (χ1) is 13.2. The van der Waals surface area contributed by atoms with Gasteiger partial charge in [0, 0.05) is 10.6 Å². The number of benzene rings is 3. The fourth-order valence-corrected chi connectivity index (χ4v) is 2.82. The van der Waals surface area contributed by atoms with Crippen LogP contribution in [0.5, 0.6) is 0 Å². The lowest BCUT2D eigenvalue weighted by molar-refractivity contribution is 0.0600. The number of methoxy groups -OCH3 is 1. The molecule has 0 aliphatic carbocycles. The first-order valence-corrected chi connectivity index (χ1v) is 8.76. The summed E-state index contributed by atoms with van der Waals surface area (Å²) in [7, 11) is 1.36. The van der Waals surface area contributed by atoms with Crippen LogP contribution in [-0.4, -0.2) is 13.1 Å². The van der Waals surface area contributed by atoms with Crippen molar-refractivity contribution in [1.82, 2.24) is 0 Å². The second kappa shape index (κ2) is 8.89. The van der Waals surface area contributed by atoms with E-state index in [1.54, 1.807) is 24.3 Å². The number of rotatable bonds is 3. The largest absolute Gasteiger partial charge is 0.465 e. The highest BCUT2D eigenvalue weighted by atomic mass is 35.5. The van der Waals surface area contributed by atoms with Crippen LogP contribution < -0.4 is 0 Å². The zero-order valence-corrected chi connectivity index (χ0v) is 15.5. The highest BCUT2D eigenvalue weighted by Crippen LogP contribution is 2.26. The Bertz CT molecular complexity index is 1040. The summed E-state index contributed by atoms with van der Waals surface area (Å²) in [5, 5.41) is 0.710. The Balaban J connectivity index is 1.78. The summed E-state index contributed by atoms with van der Waals surface area (Å²) in [6, 6.07) is 22.9. The minimum absolute atomic E-state index is 0.355. The van der Waals surface area contributed by atoms with Crippen LogP contribution in [0.2, 0.25) is 5.02 Å². The molecule has 0 aliphatic heterocycles. The highest BCUT2D eigenvalue weighted by Gasteiger charge is 2.03. The summed E-state index contributed by atoms with van der Waals surface area (Å²) in [5.74, 6) is 5.73. The van der Waals surface area contributed by atoms with Crippen LogP contribution in [0.1, 0.15) is 21.5 Å². The first kappa shape index (κ1) is 18.5. The zero-order chi connectivity index (χ0) is 19.1. The molecular formula is C24H17ClO2. The van der Waals surface area contributed by atoms with Gasteiger partial charge in [-0.05, 0) is 65.2 Å². The van der Waals surface area contributed by atoms with E-state index in [0.717, 1.165) is 22.3 Å². The van der Waals surface area contributed by atoms with Gasteiger partial charge >= 0.3 is 5.97 Å². The topological polar surface area (TPSA) is 26.3 Å². The molecule has 27 heavy (non-hydrogen) atoms. The van der Waals surface area contributed by atoms with Crippen LogP contribution in [-0.2, 0) is 4.74 Å². The van der Waals surface area contributed by atoms with Gasteiger partial charge in [0.15, 0.2) is 0 Å². The number of hydrogen-bond donors (Lipinski definition) is 0. The van der Waals surface area contributed by atoms with E-state index in [9.17, 15) is 4.79 Å². The van der Waals surface area contributed by atoms with Gasteiger partial charge in [-0.15, -0.1) is 0 Å². The average Bonchev–Trinajstić information content (AvgIpc) is 2.71. The summed E-state index contributed by atoms with van der Waals surface area (Å²) < 4.78 is 4.68. The molecule has 0 fully saturated rings. The van der Waals surface area contributed by atoms with Crippen molar-refractivity contribution in [3.8, 4) is 23.0 Å². The van der Waals surface area contributed by atoms with Crippen molar-refractivity contribution < 1.29 is 9.53 Å². The predicted molar refractivity (Wildman–Crippen MR) is 111 cm³/mol. The minimum atomic E-state index is -0.355. The molecule has 0 saturated heterocycles. The van der Waals surface area contributed by atoms with Gasteiger partial charge in [0.2, 0.25) is 0 Å². The van der Waals surface area contributed by atoms with E-state index in [-0.39, 0.29) is 5.97 Å². The molecule has 0 bridgehead atoms. The number of esters is 1. The van der Waals surface area contributed by atoms with Gasteiger partial charge in [-0.25, -0.2) is 4.79 Å². The number of allylic oxidation sites excluding steroid dienone is 1. The molecule has 0 spiro atoms. The summed E-state index contributed by atoms with van der Waals surface area (Å²) in [6.07, 6.45) is 3.80. The van der Waals surface area contributed by atoms with Gasteiger partial charge < -0.3 is 4.74 Å². The maximum atomic E-state index is 11.4. The number of carbonyl (C=O) groups is 1. The highest BCUT2D eigenvalue weighted by molar-refractivity contribution is 6.30. The van der Waals surface area contributed by atoms with Crippen molar-refractivity contribution in [2.45, 2.75) is 0 Å². The molecule has 0 saturated carbocycles. The Hall–Kier alpha value is -3.28. The fourth-order valence-electron chi connectivity index (χ4n) is 2.63. The van der Waals surface area contributed by atoms with Gasteiger partial charge in [-0.1, -0.05) is 59.8 Å². The maximum Gasteiger partial charge on any atom is 0.337 e. The molecule has 0 unspecified atom stereocenters.